The number of aromatic nitrogens is 2. The zero-order chi connectivity index (χ0) is 14.0. The summed E-state index contributed by atoms with van der Waals surface area (Å²) in [5.41, 5.74) is 6.26. The number of nitrogens with two attached hydrogens (primary N) is 1. The van der Waals surface area contributed by atoms with Crippen molar-refractivity contribution < 1.29 is 8.78 Å². The number of nitrogens with zero attached hydrogens (tertiary/aromatic N) is 2. The summed E-state index contributed by atoms with van der Waals surface area (Å²) in [5, 5.41) is 0.501. The first-order valence-corrected chi connectivity index (χ1v) is 6.53. The molecule has 0 radical (unpaired) electrons. The van der Waals surface area contributed by atoms with E-state index in [0.717, 1.165) is 29.6 Å². The van der Waals surface area contributed by atoms with Gasteiger partial charge >= 0.3 is 0 Å². The number of benzene rings is 1. The molecule has 1 aromatic carbocycles. The Morgan fingerprint density at radius 1 is 1.11 bits per heavy atom. The smallest absolute Gasteiger partial charge is 0.142 e. The first-order chi connectivity index (χ1) is 8.97. The van der Waals surface area contributed by atoms with Crippen molar-refractivity contribution >= 4 is 17.4 Å². The quantitative estimate of drug-likeness (QED) is 0.689. The highest BCUT2D eigenvalue weighted by Gasteiger charge is 2.13. The molecule has 0 aliphatic rings. The predicted octanol–water partition coefficient (Wildman–Crippen LogP) is 3.61. The third kappa shape index (κ3) is 3.20. The zero-order valence-corrected chi connectivity index (χ0v) is 11.3. The van der Waals surface area contributed by atoms with Gasteiger partial charge in [-0.25, -0.2) is 18.7 Å². The van der Waals surface area contributed by atoms with Gasteiger partial charge < -0.3 is 5.73 Å². The lowest BCUT2D eigenvalue weighted by atomic mass is 10.1. The molecule has 1 heterocycles. The molecule has 19 heavy (non-hydrogen) atoms. The van der Waals surface area contributed by atoms with Crippen molar-refractivity contribution in [2.24, 2.45) is 0 Å². The van der Waals surface area contributed by atoms with E-state index >= 15 is 0 Å². The number of rotatable bonds is 3. The van der Waals surface area contributed by atoms with Gasteiger partial charge in [0.2, 0.25) is 0 Å². The summed E-state index contributed by atoms with van der Waals surface area (Å²) in [6.45, 7) is 3.97. The van der Waals surface area contributed by atoms with Crippen LogP contribution in [0.25, 0.3) is 0 Å². The van der Waals surface area contributed by atoms with Crippen molar-refractivity contribution in [1.29, 1.82) is 0 Å². The van der Waals surface area contributed by atoms with Crippen molar-refractivity contribution in [1.82, 2.24) is 9.97 Å². The largest absolute Gasteiger partial charge is 0.399 e. The maximum atomic E-state index is 13.7. The van der Waals surface area contributed by atoms with Gasteiger partial charge in [-0.1, -0.05) is 25.6 Å². The summed E-state index contributed by atoms with van der Waals surface area (Å²) >= 11 is 0.924. The molecule has 0 aliphatic heterocycles. The molecular formula is C13H13F2N3S. The molecule has 0 saturated carbocycles. The van der Waals surface area contributed by atoms with E-state index in [1.165, 1.54) is 6.33 Å². The molecule has 0 spiro atoms. The second kappa shape index (κ2) is 5.52. The topological polar surface area (TPSA) is 51.8 Å². The summed E-state index contributed by atoms with van der Waals surface area (Å²) in [4.78, 5) is 8.01. The number of halogens is 2. The molecule has 100 valence electrons. The molecule has 1 aromatic heterocycles. The Hall–Kier alpha value is -1.69. The predicted molar refractivity (Wildman–Crippen MR) is 71.0 cm³/mol. The number of hydrogen-bond donors (Lipinski definition) is 1. The molecular weight excluding hydrogens is 268 g/mol. The monoisotopic (exact) mass is 281 g/mol. The first kappa shape index (κ1) is 13.7. The highest BCUT2D eigenvalue weighted by atomic mass is 32.2. The van der Waals surface area contributed by atoms with Crippen molar-refractivity contribution in [3.8, 4) is 0 Å². The van der Waals surface area contributed by atoms with E-state index in [1.807, 2.05) is 13.8 Å². The van der Waals surface area contributed by atoms with Gasteiger partial charge in [0, 0.05) is 11.4 Å². The van der Waals surface area contributed by atoms with Gasteiger partial charge in [0.05, 0.1) is 4.90 Å². The fraction of sp³-hybridized carbons (Fsp3) is 0.231. The maximum Gasteiger partial charge on any atom is 0.142 e. The zero-order valence-electron chi connectivity index (χ0n) is 10.5. The van der Waals surface area contributed by atoms with Crippen LogP contribution in [0.15, 0.2) is 34.4 Å². The molecule has 2 aromatic rings. The van der Waals surface area contributed by atoms with Crippen molar-refractivity contribution in [3.63, 3.8) is 0 Å². The molecule has 2 rings (SSSR count). The fourth-order valence-corrected chi connectivity index (χ4v) is 2.31. The van der Waals surface area contributed by atoms with Crippen LogP contribution < -0.4 is 5.73 Å². The average Bonchev–Trinajstić information content (AvgIpc) is 2.34. The van der Waals surface area contributed by atoms with Crippen molar-refractivity contribution in [2.45, 2.75) is 29.7 Å². The number of anilines is 1. The Labute approximate surface area is 114 Å². The van der Waals surface area contributed by atoms with E-state index in [9.17, 15) is 8.78 Å². The Kier molecular flexibility index (Phi) is 3.99. The molecule has 2 N–H and O–H groups in total. The summed E-state index contributed by atoms with van der Waals surface area (Å²) in [5.74, 6) is -1.15. The van der Waals surface area contributed by atoms with Crippen LogP contribution in [-0.2, 0) is 0 Å². The molecule has 3 nitrogen and oxygen atoms in total. The van der Waals surface area contributed by atoms with Gasteiger partial charge in [-0.2, -0.15) is 0 Å². The van der Waals surface area contributed by atoms with Gasteiger partial charge in [0.15, 0.2) is 0 Å². The van der Waals surface area contributed by atoms with E-state index in [-0.39, 0.29) is 16.5 Å². The Bertz CT molecular complexity index is 579. The maximum absolute atomic E-state index is 13.7. The van der Waals surface area contributed by atoms with Crippen LogP contribution in [0.4, 0.5) is 14.5 Å². The van der Waals surface area contributed by atoms with Gasteiger partial charge in [-0.05, 0) is 24.1 Å². The van der Waals surface area contributed by atoms with E-state index in [2.05, 4.69) is 9.97 Å². The SMILES string of the molecule is CC(C)c1cc(Sc2c(F)cc(N)cc2F)ncn1. The number of hydrogen-bond acceptors (Lipinski definition) is 4. The summed E-state index contributed by atoms with van der Waals surface area (Å²) in [6, 6.07) is 3.91. The van der Waals surface area contributed by atoms with Gasteiger partial charge in [-0.3, -0.25) is 0 Å². The van der Waals surface area contributed by atoms with Crippen LogP contribution >= 0.6 is 11.8 Å². The summed E-state index contributed by atoms with van der Waals surface area (Å²) in [7, 11) is 0. The van der Waals surface area contributed by atoms with Crippen LogP contribution in [0.1, 0.15) is 25.5 Å². The second-order valence-electron chi connectivity index (χ2n) is 4.35. The van der Waals surface area contributed by atoms with E-state index in [1.54, 1.807) is 6.07 Å². The average molecular weight is 281 g/mol. The standard InChI is InChI=1S/C13H13F2N3S/c1-7(2)11-5-12(18-6-17-11)19-13-9(14)3-8(16)4-10(13)15/h3-7H,16H2,1-2H3. The van der Waals surface area contributed by atoms with E-state index in [0.29, 0.717) is 5.03 Å². The highest BCUT2D eigenvalue weighted by Crippen LogP contribution is 2.32. The third-order valence-corrected chi connectivity index (χ3v) is 3.51. The van der Waals surface area contributed by atoms with Gasteiger partial charge in [-0.15, -0.1) is 0 Å². The molecule has 0 atom stereocenters. The summed E-state index contributed by atoms with van der Waals surface area (Å²) < 4.78 is 27.3. The van der Waals surface area contributed by atoms with Crippen LogP contribution in [0, 0.1) is 11.6 Å². The van der Waals surface area contributed by atoms with E-state index < -0.39 is 11.6 Å². The third-order valence-electron chi connectivity index (χ3n) is 2.48. The molecule has 0 amide bonds. The molecule has 0 bridgehead atoms. The minimum Gasteiger partial charge on any atom is -0.399 e. The van der Waals surface area contributed by atoms with Gasteiger partial charge in [0.25, 0.3) is 0 Å². The molecule has 0 fully saturated rings. The lowest BCUT2D eigenvalue weighted by Gasteiger charge is -2.08. The fourth-order valence-electron chi connectivity index (χ4n) is 1.51. The molecule has 6 heteroatoms. The Morgan fingerprint density at radius 3 is 2.32 bits per heavy atom. The molecule has 0 aliphatic carbocycles. The van der Waals surface area contributed by atoms with Crippen LogP contribution in [0.5, 0.6) is 0 Å². The van der Waals surface area contributed by atoms with Crippen LogP contribution in [0.3, 0.4) is 0 Å². The second-order valence-corrected chi connectivity index (χ2v) is 5.38. The summed E-state index contributed by atoms with van der Waals surface area (Å²) in [6.07, 6.45) is 1.39. The van der Waals surface area contributed by atoms with E-state index in [4.69, 9.17) is 5.73 Å². The Balaban J connectivity index is 2.34. The molecule has 0 saturated heterocycles. The van der Waals surface area contributed by atoms with Crippen LogP contribution in [0.2, 0.25) is 0 Å². The van der Waals surface area contributed by atoms with Crippen molar-refractivity contribution in [2.75, 3.05) is 5.73 Å². The minimum absolute atomic E-state index is 0.0601. The lowest BCUT2D eigenvalue weighted by molar-refractivity contribution is 0.541. The van der Waals surface area contributed by atoms with Crippen LogP contribution in [-0.4, -0.2) is 9.97 Å². The van der Waals surface area contributed by atoms with Gasteiger partial charge in [0.1, 0.15) is 23.0 Å². The first-order valence-electron chi connectivity index (χ1n) is 5.71. The normalized spacial score (nSPS) is 11.0. The van der Waals surface area contributed by atoms with Crippen molar-refractivity contribution in [3.05, 3.63) is 41.9 Å². The Morgan fingerprint density at radius 2 is 1.74 bits per heavy atom. The number of nitrogen functional groups attached to an aromatic ring is 1. The highest BCUT2D eigenvalue weighted by molar-refractivity contribution is 7.99. The lowest BCUT2D eigenvalue weighted by Crippen LogP contribution is -1.96. The molecule has 0 unspecified atom stereocenters. The minimum atomic E-state index is -0.688.